The number of amides is 1. The fourth-order valence-corrected chi connectivity index (χ4v) is 4.29. The highest BCUT2D eigenvalue weighted by atomic mass is 32.2. The maximum Gasteiger partial charge on any atom is 0.254 e. The molecule has 0 aliphatic rings. The van der Waals surface area contributed by atoms with Crippen LogP contribution < -0.4 is 4.72 Å². The molecule has 27 heavy (non-hydrogen) atoms. The van der Waals surface area contributed by atoms with Gasteiger partial charge in [0.05, 0.1) is 17.7 Å². The molecule has 1 amide bonds. The van der Waals surface area contributed by atoms with Crippen molar-refractivity contribution in [3.05, 3.63) is 76.4 Å². The van der Waals surface area contributed by atoms with E-state index in [0.29, 0.717) is 30.8 Å². The van der Waals surface area contributed by atoms with Crippen molar-refractivity contribution in [2.45, 2.75) is 17.9 Å². The highest BCUT2D eigenvalue weighted by Gasteiger charge is 2.17. The van der Waals surface area contributed by atoms with Crippen molar-refractivity contribution in [2.24, 2.45) is 0 Å². The van der Waals surface area contributed by atoms with Crippen LogP contribution in [-0.4, -0.2) is 32.8 Å². The molecule has 0 radical (unpaired) electrons. The highest BCUT2D eigenvalue weighted by Crippen LogP contribution is 2.14. The number of hydrogen-bond donors (Lipinski definition) is 1. The second-order valence-electron chi connectivity index (χ2n) is 5.99. The molecule has 1 N–H and O–H groups in total. The summed E-state index contributed by atoms with van der Waals surface area (Å²) in [5.41, 5.74) is 0.418. The third-order valence-electron chi connectivity index (χ3n) is 3.97. The molecule has 0 atom stereocenters. The molecule has 2 heterocycles. The van der Waals surface area contributed by atoms with Gasteiger partial charge < -0.3 is 9.32 Å². The van der Waals surface area contributed by atoms with Gasteiger partial charge in [0.25, 0.3) is 5.91 Å². The number of carbonyl (C=O) groups excluding carboxylic acids is 1. The van der Waals surface area contributed by atoms with Gasteiger partial charge in [0, 0.05) is 24.0 Å². The molecule has 3 rings (SSSR count). The molecule has 0 unspecified atom stereocenters. The first-order chi connectivity index (χ1) is 13.0. The predicted molar refractivity (Wildman–Crippen MR) is 104 cm³/mol. The maximum absolute atomic E-state index is 12.5. The Kier molecular flexibility index (Phi) is 6.10. The van der Waals surface area contributed by atoms with Crippen molar-refractivity contribution in [1.29, 1.82) is 0 Å². The number of thiophene rings is 1. The van der Waals surface area contributed by atoms with Crippen molar-refractivity contribution in [2.75, 3.05) is 13.6 Å². The third-order valence-corrected chi connectivity index (χ3v) is 6.39. The quantitative estimate of drug-likeness (QED) is 0.626. The van der Waals surface area contributed by atoms with Crippen LogP contribution in [0.25, 0.3) is 0 Å². The van der Waals surface area contributed by atoms with E-state index in [1.807, 2.05) is 17.5 Å². The van der Waals surface area contributed by atoms with Crippen LogP contribution in [0.15, 0.2) is 69.5 Å². The third kappa shape index (κ3) is 5.06. The molecule has 3 aromatic rings. The molecule has 0 saturated heterocycles. The molecule has 8 heteroatoms. The van der Waals surface area contributed by atoms with Gasteiger partial charge in [-0.15, -0.1) is 11.3 Å². The van der Waals surface area contributed by atoms with Gasteiger partial charge in [-0.05, 0) is 54.3 Å². The number of nitrogens with one attached hydrogen (secondary N) is 1. The minimum absolute atomic E-state index is 0.138. The Hall–Kier alpha value is -2.42. The summed E-state index contributed by atoms with van der Waals surface area (Å²) >= 11 is 1.59. The topological polar surface area (TPSA) is 79.6 Å². The van der Waals surface area contributed by atoms with Gasteiger partial charge in [0.1, 0.15) is 5.76 Å². The largest absolute Gasteiger partial charge is 0.467 e. The fraction of sp³-hybridized carbons (Fsp3) is 0.211. The van der Waals surface area contributed by atoms with Crippen LogP contribution in [0.4, 0.5) is 0 Å². The van der Waals surface area contributed by atoms with E-state index in [1.165, 1.54) is 29.2 Å². The Morgan fingerprint density at radius 1 is 1.15 bits per heavy atom. The minimum atomic E-state index is -3.60. The summed E-state index contributed by atoms with van der Waals surface area (Å²) in [5.74, 6) is 0.473. The zero-order valence-electron chi connectivity index (χ0n) is 14.8. The average Bonchev–Trinajstić information content (AvgIpc) is 3.35. The maximum atomic E-state index is 12.5. The lowest BCUT2D eigenvalue weighted by Gasteiger charge is -2.16. The molecular weight excluding hydrogens is 384 g/mol. The van der Waals surface area contributed by atoms with Crippen molar-refractivity contribution in [1.82, 2.24) is 9.62 Å². The number of furan rings is 1. The standard InChI is InChI=1S/C19H20N2O4S2/c1-21(14-16-4-2-12-25-16)19(22)15-6-8-18(9-7-15)27(23,24)20-11-10-17-5-3-13-26-17/h2-9,12-13,20H,10-11,14H2,1H3. The summed E-state index contributed by atoms with van der Waals surface area (Å²) in [5, 5.41) is 1.96. The van der Waals surface area contributed by atoms with Gasteiger partial charge in [-0.1, -0.05) is 6.07 Å². The van der Waals surface area contributed by atoms with E-state index in [4.69, 9.17) is 4.42 Å². The summed E-state index contributed by atoms with van der Waals surface area (Å²) < 4.78 is 32.6. The normalized spacial score (nSPS) is 11.4. The first-order valence-electron chi connectivity index (χ1n) is 8.36. The Balaban J connectivity index is 1.60. The molecule has 1 aromatic carbocycles. The number of hydrogen-bond acceptors (Lipinski definition) is 5. The molecule has 0 aliphatic heterocycles. The smallest absolute Gasteiger partial charge is 0.254 e. The number of carbonyl (C=O) groups is 1. The van der Waals surface area contributed by atoms with Crippen molar-refractivity contribution < 1.29 is 17.6 Å². The first kappa shape index (κ1) is 19.3. The van der Waals surface area contributed by atoms with Gasteiger partial charge in [0.2, 0.25) is 10.0 Å². The zero-order valence-corrected chi connectivity index (χ0v) is 16.4. The lowest BCUT2D eigenvalue weighted by Crippen LogP contribution is -2.27. The van der Waals surface area contributed by atoms with E-state index in [0.717, 1.165) is 4.88 Å². The molecular formula is C19H20N2O4S2. The Morgan fingerprint density at radius 3 is 2.56 bits per heavy atom. The van der Waals surface area contributed by atoms with Gasteiger partial charge in [-0.3, -0.25) is 4.79 Å². The first-order valence-corrected chi connectivity index (χ1v) is 10.7. The minimum Gasteiger partial charge on any atom is -0.467 e. The molecule has 0 saturated carbocycles. The van der Waals surface area contributed by atoms with E-state index in [2.05, 4.69) is 4.72 Å². The molecule has 2 aromatic heterocycles. The van der Waals surface area contributed by atoms with Gasteiger partial charge >= 0.3 is 0 Å². The number of sulfonamides is 1. The number of rotatable bonds is 8. The predicted octanol–water partition coefficient (Wildman–Crippen LogP) is 3.13. The van der Waals surface area contributed by atoms with Crippen LogP contribution in [0.2, 0.25) is 0 Å². The second kappa shape index (κ2) is 8.51. The molecule has 6 nitrogen and oxygen atoms in total. The van der Waals surface area contributed by atoms with Gasteiger partial charge in [0.15, 0.2) is 0 Å². The van der Waals surface area contributed by atoms with E-state index >= 15 is 0 Å². The van der Waals surface area contributed by atoms with E-state index in [-0.39, 0.29) is 10.8 Å². The van der Waals surface area contributed by atoms with Crippen molar-refractivity contribution in [3.8, 4) is 0 Å². The molecule has 0 aliphatic carbocycles. The highest BCUT2D eigenvalue weighted by molar-refractivity contribution is 7.89. The summed E-state index contributed by atoms with van der Waals surface area (Å²) in [6.07, 6.45) is 2.20. The summed E-state index contributed by atoms with van der Waals surface area (Å²) in [6.45, 7) is 0.672. The second-order valence-corrected chi connectivity index (χ2v) is 8.79. The molecule has 0 spiro atoms. The van der Waals surface area contributed by atoms with Gasteiger partial charge in [-0.25, -0.2) is 13.1 Å². The average molecular weight is 405 g/mol. The zero-order chi connectivity index (χ0) is 19.3. The summed E-state index contributed by atoms with van der Waals surface area (Å²) in [6, 6.07) is 13.4. The Morgan fingerprint density at radius 2 is 1.93 bits per heavy atom. The molecule has 0 bridgehead atoms. The van der Waals surface area contributed by atoms with Crippen molar-refractivity contribution in [3.63, 3.8) is 0 Å². The molecule has 0 fully saturated rings. The van der Waals surface area contributed by atoms with Gasteiger partial charge in [-0.2, -0.15) is 0 Å². The van der Waals surface area contributed by atoms with E-state index in [9.17, 15) is 13.2 Å². The van der Waals surface area contributed by atoms with E-state index < -0.39 is 10.0 Å². The van der Waals surface area contributed by atoms with Crippen LogP contribution in [0.3, 0.4) is 0 Å². The SMILES string of the molecule is CN(Cc1ccco1)C(=O)c1ccc(S(=O)(=O)NCCc2cccs2)cc1. The summed E-state index contributed by atoms with van der Waals surface area (Å²) in [7, 11) is -1.93. The Bertz CT molecular complexity index is 963. The number of benzene rings is 1. The van der Waals surface area contributed by atoms with Crippen LogP contribution in [0.5, 0.6) is 0 Å². The lowest BCUT2D eigenvalue weighted by atomic mass is 10.2. The van der Waals surface area contributed by atoms with Crippen LogP contribution in [0.1, 0.15) is 21.0 Å². The monoisotopic (exact) mass is 404 g/mol. The van der Waals surface area contributed by atoms with E-state index in [1.54, 1.807) is 36.8 Å². The fourth-order valence-electron chi connectivity index (χ4n) is 2.55. The van der Waals surface area contributed by atoms with Crippen LogP contribution in [0, 0.1) is 0 Å². The lowest BCUT2D eigenvalue weighted by molar-refractivity contribution is 0.0775. The Labute approximate surface area is 162 Å². The molecule has 142 valence electrons. The van der Waals surface area contributed by atoms with Crippen molar-refractivity contribution >= 4 is 27.3 Å². The summed E-state index contributed by atoms with van der Waals surface area (Å²) in [4.78, 5) is 15.2. The van der Waals surface area contributed by atoms with Crippen LogP contribution >= 0.6 is 11.3 Å². The number of nitrogens with zero attached hydrogens (tertiary/aromatic N) is 1. The van der Waals surface area contributed by atoms with Crippen LogP contribution in [-0.2, 0) is 23.0 Å².